The monoisotopic (exact) mass is 606 g/mol. The molecule has 0 aliphatic carbocycles. The molecule has 5 heterocycles. The standard InChI is InChI=1S/C33H27FN6O5/c34-27-9-6-22-13-26(27)32(42)38-28-16-39(33(43)23-10-11-40-30(14-23)36-19-37-40)17-29(28)45-24-7-4-20(5-8-24)15-35-31(41)18-44-25-3-1-2-21(22)12-25/h1-14,19,28-29H,15-18H2,(H,35,41)(H,38,42)/t28-,29-/m0/s1. The summed E-state index contributed by atoms with van der Waals surface area (Å²) in [4.78, 5) is 45.3. The number of ether oxygens (including phenoxy) is 2. The van der Waals surface area contributed by atoms with Gasteiger partial charge in [0, 0.05) is 24.8 Å². The molecule has 5 aromatic rings. The molecule has 2 atom stereocenters. The van der Waals surface area contributed by atoms with Crippen molar-refractivity contribution in [2.45, 2.75) is 18.7 Å². The SMILES string of the molecule is O=C1COc2cccc(c2)-c2ccc(F)c(c2)C(=O)N[C@H]2CN(C(=O)c3ccn4ncnc4c3)C[C@@H]2Oc2ccc(cc2)CN1. The number of nitrogens with one attached hydrogen (secondary N) is 2. The molecule has 3 amide bonds. The summed E-state index contributed by atoms with van der Waals surface area (Å²) in [7, 11) is 0. The van der Waals surface area contributed by atoms with Crippen LogP contribution < -0.4 is 20.1 Å². The highest BCUT2D eigenvalue weighted by molar-refractivity contribution is 5.97. The van der Waals surface area contributed by atoms with E-state index in [1.807, 2.05) is 12.1 Å². The van der Waals surface area contributed by atoms with Gasteiger partial charge in [-0.1, -0.05) is 30.3 Å². The number of amides is 3. The van der Waals surface area contributed by atoms with E-state index >= 15 is 4.39 Å². The molecule has 12 heteroatoms. The summed E-state index contributed by atoms with van der Waals surface area (Å²) in [6.07, 6.45) is 2.42. The van der Waals surface area contributed by atoms with E-state index < -0.39 is 23.9 Å². The number of halogens is 1. The second-order valence-corrected chi connectivity index (χ2v) is 10.9. The van der Waals surface area contributed by atoms with Gasteiger partial charge in [0.25, 0.3) is 17.7 Å². The number of carbonyl (C=O) groups is 3. The Morgan fingerprint density at radius 1 is 0.933 bits per heavy atom. The molecule has 0 saturated carbocycles. The third-order valence-electron chi connectivity index (χ3n) is 7.85. The van der Waals surface area contributed by atoms with Gasteiger partial charge >= 0.3 is 0 Å². The minimum atomic E-state index is -0.692. The normalized spacial score (nSPS) is 18.4. The van der Waals surface area contributed by atoms with Crippen molar-refractivity contribution in [3.05, 3.63) is 114 Å². The van der Waals surface area contributed by atoms with Crippen LogP contribution in [0.2, 0.25) is 0 Å². The van der Waals surface area contributed by atoms with E-state index in [1.165, 1.54) is 18.5 Å². The second kappa shape index (κ2) is 11.7. The average molecular weight is 607 g/mol. The molecule has 2 aromatic heterocycles. The number of likely N-dealkylation sites (tertiary alicyclic amines) is 1. The van der Waals surface area contributed by atoms with Crippen LogP contribution in [-0.4, -0.2) is 69.1 Å². The van der Waals surface area contributed by atoms with Crippen LogP contribution >= 0.6 is 0 Å². The number of nitrogens with zero attached hydrogens (tertiary/aromatic N) is 4. The fraction of sp³-hybridized carbons (Fsp3) is 0.182. The van der Waals surface area contributed by atoms with Crippen LogP contribution in [0.3, 0.4) is 0 Å². The minimum Gasteiger partial charge on any atom is -0.486 e. The Balaban J connectivity index is 1.21. The van der Waals surface area contributed by atoms with Gasteiger partial charge in [0.1, 0.15) is 29.7 Å². The predicted molar refractivity (Wildman–Crippen MR) is 160 cm³/mol. The van der Waals surface area contributed by atoms with Crippen LogP contribution in [0.1, 0.15) is 26.3 Å². The Labute approximate surface area is 256 Å². The summed E-state index contributed by atoms with van der Waals surface area (Å²) in [6.45, 7) is 0.418. The zero-order valence-electron chi connectivity index (χ0n) is 23.9. The highest BCUT2D eigenvalue weighted by Gasteiger charge is 2.39. The molecular weight excluding hydrogens is 579 g/mol. The van der Waals surface area contributed by atoms with Crippen LogP contribution in [0.25, 0.3) is 16.8 Å². The molecule has 11 nitrogen and oxygen atoms in total. The van der Waals surface area contributed by atoms with Crippen molar-refractivity contribution < 1.29 is 28.2 Å². The van der Waals surface area contributed by atoms with Gasteiger partial charge < -0.3 is 25.0 Å². The van der Waals surface area contributed by atoms with E-state index in [0.717, 1.165) is 5.56 Å². The fourth-order valence-corrected chi connectivity index (χ4v) is 5.48. The van der Waals surface area contributed by atoms with Crippen molar-refractivity contribution in [2.24, 2.45) is 0 Å². The smallest absolute Gasteiger partial charge is 0.258 e. The van der Waals surface area contributed by atoms with Gasteiger partial charge in [0.05, 0.1) is 18.2 Å². The topological polar surface area (TPSA) is 127 Å². The van der Waals surface area contributed by atoms with Gasteiger partial charge in [0.2, 0.25) is 0 Å². The molecule has 0 spiro atoms. The molecule has 3 aromatic carbocycles. The molecule has 226 valence electrons. The number of hydrogen-bond donors (Lipinski definition) is 2. The molecule has 0 unspecified atom stereocenters. The first kappa shape index (κ1) is 28.0. The number of carbonyl (C=O) groups excluding carboxylic acids is 3. The van der Waals surface area contributed by atoms with Crippen LogP contribution in [-0.2, 0) is 11.3 Å². The molecule has 45 heavy (non-hydrogen) atoms. The highest BCUT2D eigenvalue weighted by atomic mass is 19.1. The molecule has 3 aliphatic rings. The Bertz CT molecular complexity index is 1930. The van der Waals surface area contributed by atoms with E-state index in [9.17, 15) is 14.4 Å². The van der Waals surface area contributed by atoms with Crippen molar-refractivity contribution >= 4 is 23.4 Å². The van der Waals surface area contributed by atoms with E-state index in [4.69, 9.17) is 9.47 Å². The molecule has 2 N–H and O–H groups in total. The second-order valence-electron chi connectivity index (χ2n) is 10.9. The van der Waals surface area contributed by atoms with Crippen molar-refractivity contribution in [2.75, 3.05) is 19.7 Å². The van der Waals surface area contributed by atoms with Gasteiger partial charge in [-0.2, -0.15) is 5.10 Å². The molecule has 1 fully saturated rings. The van der Waals surface area contributed by atoms with E-state index in [2.05, 4.69) is 20.7 Å². The van der Waals surface area contributed by atoms with Crippen LogP contribution in [0, 0.1) is 5.82 Å². The maximum absolute atomic E-state index is 15.1. The zero-order chi connectivity index (χ0) is 30.9. The number of pyridine rings is 1. The average Bonchev–Trinajstić information content (AvgIpc) is 3.69. The summed E-state index contributed by atoms with van der Waals surface area (Å²) < 4.78 is 28.6. The summed E-state index contributed by atoms with van der Waals surface area (Å²) >= 11 is 0. The van der Waals surface area contributed by atoms with E-state index in [1.54, 1.807) is 70.2 Å². The molecule has 3 aliphatic heterocycles. The third-order valence-corrected chi connectivity index (χ3v) is 7.85. The van der Waals surface area contributed by atoms with Gasteiger partial charge in [0.15, 0.2) is 12.3 Å². The van der Waals surface area contributed by atoms with Crippen molar-refractivity contribution in [1.29, 1.82) is 0 Å². The van der Waals surface area contributed by atoms with E-state index in [-0.39, 0.29) is 37.1 Å². The maximum Gasteiger partial charge on any atom is 0.258 e. The van der Waals surface area contributed by atoms with Crippen molar-refractivity contribution in [3.63, 3.8) is 0 Å². The molecule has 8 rings (SSSR count). The van der Waals surface area contributed by atoms with E-state index in [0.29, 0.717) is 40.4 Å². The van der Waals surface area contributed by atoms with Crippen LogP contribution in [0.5, 0.6) is 11.5 Å². The number of hydrogen-bond acceptors (Lipinski definition) is 7. The summed E-state index contributed by atoms with van der Waals surface area (Å²) in [5.41, 5.74) is 2.90. The van der Waals surface area contributed by atoms with Gasteiger partial charge in [-0.15, -0.1) is 0 Å². The van der Waals surface area contributed by atoms with Crippen molar-refractivity contribution in [3.8, 4) is 22.6 Å². The van der Waals surface area contributed by atoms with Gasteiger partial charge in [-0.25, -0.2) is 13.9 Å². The quantitative estimate of drug-likeness (QED) is 0.300. The number of benzene rings is 3. The lowest BCUT2D eigenvalue weighted by atomic mass is 10.0. The largest absolute Gasteiger partial charge is 0.486 e. The lowest BCUT2D eigenvalue weighted by molar-refractivity contribution is -0.123. The first-order valence-corrected chi connectivity index (χ1v) is 14.3. The Morgan fingerprint density at radius 2 is 1.78 bits per heavy atom. The lowest BCUT2D eigenvalue weighted by Gasteiger charge is -2.21. The van der Waals surface area contributed by atoms with Crippen LogP contribution in [0.15, 0.2) is 91.4 Å². The van der Waals surface area contributed by atoms with Gasteiger partial charge in [-0.05, 0) is 65.2 Å². The summed E-state index contributed by atoms with van der Waals surface area (Å²) in [5.74, 6) is -0.923. The zero-order valence-corrected chi connectivity index (χ0v) is 23.9. The fourth-order valence-electron chi connectivity index (χ4n) is 5.48. The maximum atomic E-state index is 15.1. The number of fused-ring (bicyclic) bond motifs is 8. The Kier molecular flexibility index (Phi) is 7.30. The molecule has 6 bridgehead atoms. The molecule has 1 saturated heterocycles. The first-order valence-electron chi connectivity index (χ1n) is 14.3. The first-order chi connectivity index (χ1) is 21.9. The Hall–Kier alpha value is -5.78. The number of rotatable bonds is 1. The third kappa shape index (κ3) is 5.90. The predicted octanol–water partition coefficient (Wildman–Crippen LogP) is 3.25. The van der Waals surface area contributed by atoms with Crippen LogP contribution in [0.4, 0.5) is 4.39 Å². The number of aromatic nitrogens is 3. The summed E-state index contributed by atoms with van der Waals surface area (Å²) in [5, 5.41) is 9.83. The molecular formula is C33H27FN6O5. The molecule has 0 radical (unpaired) electrons. The Morgan fingerprint density at radius 3 is 2.64 bits per heavy atom. The minimum absolute atomic E-state index is 0.137. The summed E-state index contributed by atoms with van der Waals surface area (Å²) in [6, 6.07) is 21.1. The van der Waals surface area contributed by atoms with Crippen molar-refractivity contribution in [1.82, 2.24) is 30.1 Å². The van der Waals surface area contributed by atoms with Gasteiger partial charge in [-0.3, -0.25) is 14.4 Å². The highest BCUT2D eigenvalue weighted by Crippen LogP contribution is 2.27. The lowest BCUT2D eigenvalue weighted by Crippen LogP contribution is -2.45.